The maximum Gasteiger partial charge on any atom is 0.418 e. The molecule has 14 heavy (non-hydrogen) atoms. The number of hydrogen-bond acceptors (Lipinski definition) is 2. The fraction of sp³-hybridized carbons (Fsp3) is 0.250. The third kappa shape index (κ3) is 1.23. The maximum atomic E-state index is 12.5. The molecule has 0 saturated carbocycles. The van der Waals surface area contributed by atoms with E-state index in [0.29, 0.717) is 5.69 Å². The molecule has 3 nitrogen and oxygen atoms in total. The molecule has 0 atom stereocenters. The summed E-state index contributed by atoms with van der Waals surface area (Å²) in [5.74, 6) is 0. The Morgan fingerprint density at radius 1 is 1.29 bits per heavy atom. The van der Waals surface area contributed by atoms with Crippen LogP contribution in [0.2, 0.25) is 0 Å². The van der Waals surface area contributed by atoms with Crippen LogP contribution in [0.1, 0.15) is 11.3 Å². The van der Waals surface area contributed by atoms with Crippen LogP contribution in [-0.2, 0) is 6.18 Å². The number of halogens is 3. The highest BCUT2D eigenvalue weighted by Gasteiger charge is 2.34. The van der Waals surface area contributed by atoms with Gasteiger partial charge in [-0.1, -0.05) is 0 Å². The van der Waals surface area contributed by atoms with Gasteiger partial charge in [0.25, 0.3) is 0 Å². The lowest BCUT2D eigenvalue weighted by molar-refractivity contribution is -0.136. The minimum atomic E-state index is -4.37. The summed E-state index contributed by atoms with van der Waals surface area (Å²) in [6.07, 6.45) is -2.23. The summed E-state index contributed by atoms with van der Waals surface area (Å²) in [7, 11) is 0. The first-order chi connectivity index (χ1) is 6.50. The molecule has 0 fully saturated rings. The highest BCUT2D eigenvalue weighted by atomic mass is 19.4. The predicted molar refractivity (Wildman–Crippen MR) is 43.6 cm³/mol. The Kier molecular flexibility index (Phi) is 1.73. The van der Waals surface area contributed by atoms with Gasteiger partial charge >= 0.3 is 6.18 Å². The summed E-state index contributed by atoms with van der Waals surface area (Å²) in [5, 5.41) is 0.0417. The van der Waals surface area contributed by atoms with E-state index in [4.69, 9.17) is 0 Å². The lowest BCUT2D eigenvalue weighted by Crippen LogP contribution is -2.04. The Hall–Kier alpha value is -1.59. The number of nitrogens with one attached hydrogen (secondary N) is 1. The second-order valence-electron chi connectivity index (χ2n) is 2.88. The van der Waals surface area contributed by atoms with Gasteiger partial charge in [0.15, 0.2) is 0 Å². The molecule has 2 heterocycles. The summed E-state index contributed by atoms with van der Waals surface area (Å²) >= 11 is 0. The van der Waals surface area contributed by atoms with E-state index in [1.807, 2.05) is 0 Å². The molecule has 0 aromatic carbocycles. The van der Waals surface area contributed by atoms with Crippen LogP contribution in [-0.4, -0.2) is 15.0 Å². The van der Waals surface area contributed by atoms with Crippen LogP contribution in [0, 0.1) is 6.92 Å². The smallest absolute Gasteiger partial charge is 0.345 e. The number of hydrogen-bond donors (Lipinski definition) is 1. The average molecular weight is 201 g/mol. The van der Waals surface area contributed by atoms with Gasteiger partial charge in [-0.3, -0.25) is 0 Å². The van der Waals surface area contributed by atoms with E-state index in [9.17, 15) is 13.2 Å². The molecule has 0 amide bonds. The van der Waals surface area contributed by atoms with Gasteiger partial charge in [-0.2, -0.15) is 13.2 Å². The summed E-state index contributed by atoms with van der Waals surface area (Å²) in [4.78, 5) is 9.90. The van der Waals surface area contributed by atoms with Crippen molar-refractivity contribution in [3.63, 3.8) is 0 Å². The summed E-state index contributed by atoms with van der Waals surface area (Å²) in [6.45, 7) is 1.52. The molecule has 0 aliphatic rings. The highest BCUT2D eigenvalue weighted by molar-refractivity contribution is 5.82. The number of nitrogens with zero attached hydrogens (tertiary/aromatic N) is 2. The average Bonchev–Trinajstić information content (AvgIpc) is 2.47. The van der Waals surface area contributed by atoms with Gasteiger partial charge in [0.2, 0.25) is 0 Å². The predicted octanol–water partition coefficient (Wildman–Crippen LogP) is 2.29. The molecular formula is C8H6F3N3. The van der Waals surface area contributed by atoms with Gasteiger partial charge in [0.05, 0.1) is 16.6 Å². The van der Waals surface area contributed by atoms with E-state index < -0.39 is 11.7 Å². The van der Waals surface area contributed by atoms with Crippen LogP contribution in [0.25, 0.3) is 11.0 Å². The van der Waals surface area contributed by atoms with Gasteiger partial charge in [-0.25, -0.2) is 9.97 Å². The second-order valence-corrected chi connectivity index (χ2v) is 2.88. The van der Waals surface area contributed by atoms with Crippen molar-refractivity contribution in [3.05, 3.63) is 23.8 Å². The first kappa shape index (κ1) is 8.98. The Morgan fingerprint density at radius 2 is 2.00 bits per heavy atom. The van der Waals surface area contributed by atoms with Crippen molar-refractivity contribution < 1.29 is 13.2 Å². The number of rotatable bonds is 0. The number of alkyl halides is 3. The van der Waals surface area contributed by atoms with Crippen molar-refractivity contribution in [3.8, 4) is 0 Å². The van der Waals surface area contributed by atoms with Gasteiger partial charge in [0, 0.05) is 6.20 Å². The zero-order valence-electron chi connectivity index (χ0n) is 7.18. The Labute approximate surface area is 77.0 Å². The minimum Gasteiger partial charge on any atom is -0.345 e. The first-order valence-corrected chi connectivity index (χ1v) is 3.86. The van der Waals surface area contributed by atoms with Crippen LogP contribution in [0.15, 0.2) is 12.5 Å². The minimum absolute atomic E-state index is 0.0417. The molecule has 0 saturated heterocycles. The van der Waals surface area contributed by atoms with Crippen LogP contribution < -0.4 is 0 Å². The Balaban J connectivity index is 2.80. The zero-order valence-corrected chi connectivity index (χ0v) is 7.18. The van der Waals surface area contributed by atoms with Crippen LogP contribution in [0.3, 0.4) is 0 Å². The highest BCUT2D eigenvalue weighted by Crippen LogP contribution is 2.34. The number of fused-ring (bicyclic) bond motifs is 1. The number of H-pyrrole nitrogens is 1. The molecule has 74 valence electrons. The molecule has 0 spiro atoms. The largest absolute Gasteiger partial charge is 0.418 e. The van der Waals surface area contributed by atoms with E-state index in [2.05, 4.69) is 15.0 Å². The first-order valence-electron chi connectivity index (χ1n) is 3.86. The van der Waals surface area contributed by atoms with E-state index in [1.165, 1.54) is 13.3 Å². The van der Waals surface area contributed by atoms with Gasteiger partial charge in [0.1, 0.15) is 12.0 Å². The normalized spacial score (nSPS) is 12.3. The van der Waals surface area contributed by atoms with Crippen molar-refractivity contribution in [2.24, 2.45) is 0 Å². The molecule has 0 aliphatic heterocycles. The Morgan fingerprint density at radius 3 is 2.64 bits per heavy atom. The molecule has 0 unspecified atom stereocenters. The molecule has 0 bridgehead atoms. The zero-order chi connectivity index (χ0) is 10.3. The third-order valence-electron chi connectivity index (χ3n) is 1.96. The van der Waals surface area contributed by atoms with E-state index >= 15 is 0 Å². The Bertz CT molecular complexity index is 472. The van der Waals surface area contributed by atoms with Gasteiger partial charge < -0.3 is 4.98 Å². The SMILES string of the molecule is Cc1ncnc2[nH]cc(C(F)(F)F)c12. The van der Waals surface area contributed by atoms with Crippen molar-refractivity contribution in [2.45, 2.75) is 13.1 Å². The number of aromatic amines is 1. The van der Waals surface area contributed by atoms with Crippen molar-refractivity contribution in [2.75, 3.05) is 0 Å². The molecule has 6 heteroatoms. The van der Waals surface area contributed by atoms with Gasteiger partial charge in [-0.15, -0.1) is 0 Å². The summed E-state index contributed by atoms with van der Waals surface area (Å²) in [5.41, 5.74) is -0.181. The van der Waals surface area contributed by atoms with E-state index in [-0.39, 0.29) is 11.0 Å². The van der Waals surface area contributed by atoms with Crippen molar-refractivity contribution in [1.29, 1.82) is 0 Å². The molecule has 2 rings (SSSR count). The fourth-order valence-corrected chi connectivity index (χ4v) is 1.34. The lowest BCUT2D eigenvalue weighted by atomic mass is 10.2. The topological polar surface area (TPSA) is 41.6 Å². The van der Waals surface area contributed by atoms with Crippen molar-refractivity contribution in [1.82, 2.24) is 15.0 Å². The fourth-order valence-electron chi connectivity index (χ4n) is 1.34. The molecule has 1 N–H and O–H groups in total. The van der Waals surface area contributed by atoms with Crippen LogP contribution >= 0.6 is 0 Å². The van der Waals surface area contributed by atoms with Crippen LogP contribution in [0.4, 0.5) is 13.2 Å². The van der Waals surface area contributed by atoms with Gasteiger partial charge in [-0.05, 0) is 6.92 Å². The third-order valence-corrected chi connectivity index (χ3v) is 1.96. The number of aromatic nitrogens is 3. The lowest BCUT2D eigenvalue weighted by Gasteiger charge is -2.04. The summed E-state index contributed by atoms with van der Waals surface area (Å²) in [6, 6.07) is 0. The molecule has 0 radical (unpaired) electrons. The van der Waals surface area contributed by atoms with Crippen molar-refractivity contribution >= 4 is 11.0 Å². The monoisotopic (exact) mass is 201 g/mol. The maximum absolute atomic E-state index is 12.5. The van der Waals surface area contributed by atoms with E-state index in [0.717, 1.165) is 6.20 Å². The van der Waals surface area contributed by atoms with Crippen LogP contribution in [0.5, 0.6) is 0 Å². The molecule has 2 aromatic heterocycles. The molecular weight excluding hydrogens is 195 g/mol. The molecule has 2 aromatic rings. The standard InChI is InChI=1S/C8H6F3N3/c1-4-6-5(8(9,10)11)2-12-7(6)14-3-13-4/h2-3H,1H3,(H,12,13,14). The number of aryl methyl sites for hydroxylation is 1. The summed E-state index contributed by atoms with van der Waals surface area (Å²) < 4.78 is 37.4. The second kappa shape index (κ2) is 2.70. The molecule has 0 aliphatic carbocycles. The van der Waals surface area contributed by atoms with E-state index in [1.54, 1.807) is 0 Å². The quantitative estimate of drug-likeness (QED) is 0.710.